The van der Waals surface area contributed by atoms with Gasteiger partial charge in [-0.15, -0.1) is 0 Å². The smallest absolute Gasteiger partial charge is 0.332 e. The van der Waals surface area contributed by atoms with Crippen LogP contribution in [0.3, 0.4) is 0 Å². The molecule has 0 aromatic heterocycles. The Bertz CT molecular complexity index is 687. The Kier molecular flexibility index (Phi) is 6.99. The van der Waals surface area contributed by atoms with Crippen molar-refractivity contribution in [2.45, 2.75) is 58.2 Å². The third kappa shape index (κ3) is 4.15. The molecule has 0 saturated carbocycles. The summed E-state index contributed by atoms with van der Waals surface area (Å²) in [6, 6.07) is 9.02. The molecule has 1 aliphatic rings. The quantitative estimate of drug-likeness (QED) is 0.713. The van der Waals surface area contributed by atoms with Crippen molar-refractivity contribution in [1.82, 2.24) is 4.90 Å². The van der Waals surface area contributed by atoms with E-state index in [0.717, 1.165) is 12.8 Å². The second-order valence-electron chi connectivity index (χ2n) is 7.23. The summed E-state index contributed by atoms with van der Waals surface area (Å²) in [6.07, 6.45) is 1.91. The van der Waals surface area contributed by atoms with E-state index in [0.29, 0.717) is 17.9 Å². The maximum Gasteiger partial charge on any atom is 0.332 e. The van der Waals surface area contributed by atoms with Crippen molar-refractivity contribution < 1.29 is 19.1 Å². The fourth-order valence-corrected chi connectivity index (χ4v) is 3.59. The normalized spacial score (nSPS) is 22.4. The average Bonchev–Trinajstić information content (AvgIpc) is 2.70. The van der Waals surface area contributed by atoms with Gasteiger partial charge in [-0.1, -0.05) is 51.8 Å². The van der Waals surface area contributed by atoms with Crippen LogP contribution in [0, 0.1) is 5.92 Å². The summed E-state index contributed by atoms with van der Waals surface area (Å²) >= 11 is 0. The number of unbranched alkanes of at least 4 members (excludes halogenated alkanes) is 1. The Morgan fingerprint density at radius 1 is 1.26 bits per heavy atom. The lowest BCUT2D eigenvalue weighted by Crippen LogP contribution is -2.65. The number of rotatable bonds is 6. The molecule has 1 aromatic rings. The molecule has 0 aliphatic carbocycles. The van der Waals surface area contributed by atoms with Gasteiger partial charge < -0.3 is 9.47 Å². The van der Waals surface area contributed by atoms with E-state index >= 15 is 0 Å². The van der Waals surface area contributed by atoms with Crippen molar-refractivity contribution in [3.8, 4) is 0 Å². The predicted molar refractivity (Wildman–Crippen MR) is 105 cm³/mol. The first kappa shape index (κ1) is 20.9. The number of benzene rings is 1. The number of carbonyl (C=O) groups excluding carboxylic acids is 2. The highest BCUT2D eigenvalue weighted by Gasteiger charge is 2.54. The van der Waals surface area contributed by atoms with E-state index in [4.69, 9.17) is 9.47 Å². The van der Waals surface area contributed by atoms with Crippen LogP contribution in [0.15, 0.2) is 35.3 Å². The molecule has 148 valence electrons. The molecule has 1 amide bonds. The number of amides is 1. The zero-order chi connectivity index (χ0) is 20.0. The lowest BCUT2D eigenvalue weighted by molar-refractivity contribution is -0.157. The van der Waals surface area contributed by atoms with Crippen LogP contribution in [0.25, 0.3) is 0 Å². The minimum atomic E-state index is -1.13. The van der Waals surface area contributed by atoms with Gasteiger partial charge in [-0.2, -0.15) is 0 Å². The lowest BCUT2D eigenvalue weighted by atomic mass is 9.83. The molecule has 0 spiro atoms. The number of methoxy groups -OCH3 is 2. The SMILES string of the molecule is CCCC[C@@]1(C(=O)OC)CC(OC)=N[C@H](C(C)C)N1C(=O)c1ccccc1. The van der Waals surface area contributed by atoms with Crippen LogP contribution in [-0.2, 0) is 14.3 Å². The third-order valence-electron chi connectivity index (χ3n) is 5.03. The molecule has 1 heterocycles. The van der Waals surface area contributed by atoms with Crippen molar-refractivity contribution >= 4 is 17.8 Å². The fraction of sp³-hybridized carbons (Fsp3) is 0.571. The summed E-state index contributed by atoms with van der Waals surface area (Å²) in [5, 5.41) is 0. The number of hydrogen-bond donors (Lipinski definition) is 0. The van der Waals surface area contributed by atoms with Gasteiger partial charge >= 0.3 is 5.97 Å². The van der Waals surface area contributed by atoms with E-state index in [9.17, 15) is 9.59 Å². The summed E-state index contributed by atoms with van der Waals surface area (Å²) < 4.78 is 10.6. The molecule has 0 radical (unpaired) electrons. The molecule has 0 saturated heterocycles. The molecular weight excluding hydrogens is 344 g/mol. The molecular formula is C21H30N2O4. The lowest BCUT2D eigenvalue weighted by Gasteiger charge is -2.48. The van der Waals surface area contributed by atoms with Gasteiger partial charge in [0.25, 0.3) is 5.91 Å². The molecule has 27 heavy (non-hydrogen) atoms. The van der Waals surface area contributed by atoms with Crippen LogP contribution in [0.5, 0.6) is 0 Å². The number of ether oxygens (including phenoxy) is 2. The summed E-state index contributed by atoms with van der Waals surface area (Å²) in [7, 11) is 2.91. The molecule has 1 aliphatic heterocycles. The van der Waals surface area contributed by atoms with Crippen LogP contribution in [0.1, 0.15) is 56.8 Å². The maximum absolute atomic E-state index is 13.5. The minimum absolute atomic E-state index is 0.00812. The summed E-state index contributed by atoms with van der Waals surface area (Å²) in [5.41, 5.74) is -0.594. The minimum Gasteiger partial charge on any atom is -0.484 e. The van der Waals surface area contributed by atoms with Crippen LogP contribution in [-0.4, -0.2) is 48.6 Å². The van der Waals surface area contributed by atoms with Gasteiger partial charge in [-0.3, -0.25) is 9.69 Å². The summed E-state index contributed by atoms with van der Waals surface area (Å²) in [4.78, 5) is 32.8. The fourth-order valence-electron chi connectivity index (χ4n) is 3.59. The first-order chi connectivity index (χ1) is 12.9. The molecule has 0 unspecified atom stereocenters. The third-order valence-corrected chi connectivity index (χ3v) is 5.03. The zero-order valence-electron chi connectivity index (χ0n) is 16.9. The van der Waals surface area contributed by atoms with E-state index in [1.807, 2.05) is 32.0 Å². The highest BCUT2D eigenvalue weighted by molar-refractivity contribution is 6.01. The standard InChI is InChI=1S/C21H30N2O4/c1-6-7-13-21(20(25)27-5)14-17(26-4)22-18(15(2)3)23(21)19(24)16-11-9-8-10-12-16/h8-12,15,18H,6-7,13-14H2,1-5H3/t18-,21-/m0/s1. The van der Waals surface area contributed by atoms with E-state index in [-0.39, 0.29) is 18.2 Å². The van der Waals surface area contributed by atoms with Crippen molar-refractivity contribution in [3.63, 3.8) is 0 Å². The highest BCUT2D eigenvalue weighted by atomic mass is 16.5. The van der Waals surface area contributed by atoms with Gasteiger partial charge in [0.1, 0.15) is 6.17 Å². The number of aliphatic imine (C=N–C) groups is 1. The molecule has 1 aromatic carbocycles. The van der Waals surface area contributed by atoms with Crippen LogP contribution >= 0.6 is 0 Å². The van der Waals surface area contributed by atoms with E-state index in [1.165, 1.54) is 7.11 Å². The number of carbonyl (C=O) groups is 2. The Morgan fingerprint density at radius 3 is 2.44 bits per heavy atom. The average molecular weight is 374 g/mol. The van der Waals surface area contributed by atoms with Crippen molar-refractivity contribution in [1.29, 1.82) is 0 Å². The Hall–Kier alpha value is -2.37. The van der Waals surface area contributed by atoms with Gasteiger partial charge in [0, 0.05) is 5.56 Å². The predicted octanol–water partition coefficient (Wildman–Crippen LogP) is 3.66. The monoisotopic (exact) mass is 374 g/mol. The Morgan fingerprint density at radius 2 is 1.93 bits per heavy atom. The second-order valence-corrected chi connectivity index (χ2v) is 7.23. The van der Waals surface area contributed by atoms with Crippen LogP contribution in [0.4, 0.5) is 0 Å². The molecule has 0 bridgehead atoms. The molecule has 6 nitrogen and oxygen atoms in total. The van der Waals surface area contributed by atoms with Crippen molar-refractivity contribution in [2.75, 3.05) is 14.2 Å². The van der Waals surface area contributed by atoms with E-state index in [1.54, 1.807) is 24.1 Å². The summed E-state index contributed by atoms with van der Waals surface area (Å²) in [5.74, 6) is -0.147. The summed E-state index contributed by atoms with van der Waals surface area (Å²) in [6.45, 7) is 6.03. The number of hydrogen-bond acceptors (Lipinski definition) is 5. The number of nitrogens with zero attached hydrogens (tertiary/aromatic N) is 2. The molecule has 0 N–H and O–H groups in total. The molecule has 6 heteroatoms. The molecule has 2 atom stereocenters. The van der Waals surface area contributed by atoms with Gasteiger partial charge in [-0.05, 0) is 24.5 Å². The van der Waals surface area contributed by atoms with Crippen molar-refractivity contribution in [2.24, 2.45) is 10.9 Å². The topological polar surface area (TPSA) is 68.2 Å². The first-order valence-electron chi connectivity index (χ1n) is 9.49. The van der Waals surface area contributed by atoms with Crippen molar-refractivity contribution in [3.05, 3.63) is 35.9 Å². The first-order valence-corrected chi connectivity index (χ1v) is 9.49. The van der Waals surface area contributed by atoms with Gasteiger partial charge in [0.15, 0.2) is 11.4 Å². The molecule has 2 rings (SSSR count). The van der Waals surface area contributed by atoms with Gasteiger partial charge in [-0.25, -0.2) is 9.79 Å². The molecule has 0 fully saturated rings. The van der Waals surface area contributed by atoms with E-state index < -0.39 is 17.7 Å². The maximum atomic E-state index is 13.5. The Balaban J connectivity index is 2.65. The van der Waals surface area contributed by atoms with Crippen LogP contribution < -0.4 is 0 Å². The van der Waals surface area contributed by atoms with Gasteiger partial charge in [0.05, 0.1) is 20.6 Å². The largest absolute Gasteiger partial charge is 0.484 e. The van der Waals surface area contributed by atoms with E-state index in [2.05, 4.69) is 11.9 Å². The zero-order valence-corrected chi connectivity index (χ0v) is 16.9. The second kappa shape index (κ2) is 9.02. The van der Waals surface area contributed by atoms with Gasteiger partial charge in [0.2, 0.25) is 0 Å². The Labute approximate surface area is 161 Å². The van der Waals surface area contributed by atoms with Crippen LogP contribution in [0.2, 0.25) is 0 Å². The number of esters is 1. The highest BCUT2D eigenvalue weighted by Crippen LogP contribution is 2.38.